The molecule has 2 aromatic rings. The molecule has 1 heterocycles. The number of nitrogens with one attached hydrogen (secondary N) is 1. The molecular formula is C13H14N2O2. The number of nitrogens with zero attached hydrogens (tertiary/aromatic N) is 1. The van der Waals surface area contributed by atoms with Crippen LogP contribution in [0.5, 0.6) is 0 Å². The molecule has 4 heteroatoms. The molecular weight excluding hydrogens is 216 g/mol. The first-order valence-electron chi connectivity index (χ1n) is 5.47. The van der Waals surface area contributed by atoms with E-state index in [0.717, 1.165) is 0 Å². The molecule has 0 amide bonds. The van der Waals surface area contributed by atoms with Gasteiger partial charge in [-0.25, -0.2) is 9.78 Å². The van der Waals surface area contributed by atoms with Gasteiger partial charge in [0, 0.05) is 11.4 Å². The van der Waals surface area contributed by atoms with E-state index in [0.29, 0.717) is 16.7 Å². The third-order valence-electron chi connectivity index (χ3n) is 2.38. The Kier molecular flexibility index (Phi) is 2.95. The smallest absolute Gasteiger partial charge is 0.336 e. The fourth-order valence-corrected chi connectivity index (χ4v) is 1.72. The Hall–Kier alpha value is -2.10. The summed E-state index contributed by atoms with van der Waals surface area (Å²) < 4.78 is 0. The number of aromatic nitrogens is 1. The first-order chi connectivity index (χ1) is 8.08. The molecule has 1 aromatic carbocycles. The van der Waals surface area contributed by atoms with Crippen molar-refractivity contribution in [2.45, 2.75) is 19.9 Å². The third kappa shape index (κ3) is 2.36. The normalized spacial score (nSPS) is 10.8. The summed E-state index contributed by atoms with van der Waals surface area (Å²) in [5, 5.41) is 13.0. The summed E-state index contributed by atoms with van der Waals surface area (Å²) in [5.41, 5.74) is 0.967. The summed E-state index contributed by atoms with van der Waals surface area (Å²) >= 11 is 0. The largest absolute Gasteiger partial charge is 0.478 e. The number of anilines is 1. The van der Waals surface area contributed by atoms with Gasteiger partial charge in [0.2, 0.25) is 0 Å². The highest BCUT2D eigenvalue weighted by Crippen LogP contribution is 2.21. The number of carbonyl (C=O) groups is 1. The topological polar surface area (TPSA) is 62.2 Å². The Morgan fingerprint density at radius 2 is 2.06 bits per heavy atom. The van der Waals surface area contributed by atoms with E-state index in [4.69, 9.17) is 0 Å². The number of benzene rings is 1. The summed E-state index contributed by atoms with van der Waals surface area (Å²) in [4.78, 5) is 15.6. The standard InChI is InChI=1S/C13H14N2O2/c1-8(2)14-12-7-10(13(16)17)9-5-3-4-6-11(9)15-12/h3-8H,1-2H3,(H,14,15)(H,16,17). The van der Waals surface area contributed by atoms with Crippen LogP contribution < -0.4 is 5.32 Å². The minimum Gasteiger partial charge on any atom is -0.478 e. The number of carboxylic acid groups (broad SMARTS) is 1. The van der Waals surface area contributed by atoms with Gasteiger partial charge in [0.15, 0.2) is 0 Å². The molecule has 0 saturated carbocycles. The molecule has 0 aliphatic rings. The molecule has 0 fully saturated rings. The van der Waals surface area contributed by atoms with Gasteiger partial charge < -0.3 is 10.4 Å². The highest BCUT2D eigenvalue weighted by Gasteiger charge is 2.11. The predicted octanol–water partition coefficient (Wildman–Crippen LogP) is 2.75. The van der Waals surface area contributed by atoms with Crippen molar-refractivity contribution in [3.63, 3.8) is 0 Å². The lowest BCUT2D eigenvalue weighted by Crippen LogP contribution is -2.12. The van der Waals surface area contributed by atoms with Gasteiger partial charge in [-0.3, -0.25) is 0 Å². The predicted molar refractivity (Wildman–Crippen MR) is 67.5 cm³/mol. The summed E-state index contributed by atoms with van der Waals surface area (Å²) in [6.07, 6.45) is 0. The van der Waals surface area contributed by atoms with Gasteiger partial charge in [0.05, 0.1) is 11.1 Å². The fourth-order valence-electron chi connectivity index (χ4n) is 1.72. The molecule has 0 atom stereocenters. The van der Waals surface area contributed by atoms with E-state index in [9.17, 15) is 9.90 Å². The first kappa shape index (κ1) is 11.4. The van der Waals surface area contributed by atoms with Crippen LogP contribution in [0.2, 0.25) is 0 Å². The third-order valence-corrected chi connectivity index (χ3v) is 2.38. The van der Waals surface area contributed by atoms with E-state index in [1.54, 1.807) is 12.1 Å². The number of hydrogen-bond donors (Lipinski definition) is 2. The maximum atomic E-state index is 11.2. The number of para-hydroxylation sites is 1. The number of rotatable bonds is 3. The van der Waals surface area contributed by atoms with Crippen molar-refractivity contribution in [1.29, 1.82) is 0 Å². The van der Waals surface area contributed by atoms with Crippen molar-refractivity contribution in [2.75, 3.05) is 5.32 Å². The summed E-state index contributed by atoms with van der Waals surface area (Å²) in [5.74, 6) is -0.341. The number of carboxylic acids is 1. The van der Waals surface area contributed by atoms with E-state index >= 15 is 0 Å². The molecule has 0 bridgehead atoms. The quantitative estimate of drug-likeness (QED) is 0.851. The molecule has 0 aliphatic carbocycles. The zero-order valence-electron chi connectivity index (χ0n) is 9.77. The SMILES string of the molecule is CC(C)Nc1cc(C(=O)O)c2ccccc2n1. The van der Waals surface area contributed by atoms with Gasteiger partial charge in [-0.15, -0.1) is 0 Å². The van der Waals surface area contributed by atoms with E-state index in [1.807, 2.05) is 32.0 Å². The number of aromatic carboxylic acids is 1. The maximum absolute atomic E-state index is 11.2. The van der Waals surface area contributed by atoms with Crippen LogP contribution in [-0.4, -0.2) is 22.1 Å². The lowest BCUT2D eigenvalue weighted by molar-refractivity contribution is 0.0699. The van der Waals surface area contributed by atoms with Gasteiger partial charge in [-0.1, -0.05) is 18.2 Å². The molecule has 2 rings (SSSR count). The second kappa shape index (κ2) is 4.41. The lowest BCUT2D eigenvalue weighted by Gasteiger charge is -2.11. The van der Waals surface area contributed by atoms with Gasteiger partial charge in [-0.05, 0) is 26.0 Å². The summed E-state index contributed by atoms with van der Waals surface area (Å²) in [6.45, 7) is 3.97. The number of hydrogen-bond acceptors (Lipinski definition) is 3. The van der Waals surface area contributed by atoms with Crippen LogP contribution >= 0.6 is 0 Å². The van der Waals surface area contributed by atoms with Crippen LogP contribution in [0.25, 0.3) is 10.9 Å². The molecule has 0 saturated heterocycles. The van der Waals surface area contributed by atoms with Gasteiger partial charge in [0.1, 0.15) is 5.82 Å². The van der Waals surface area contributed by atoms with E-state index in [-0.39, 0.29) is 11.6 Å². The molecule has 2 N–H and O–H groups in total. The van der Waals surface area contributed by atoms with Crippen LogP contribution in [0.15, 0.2) is 30.3 Å². The van der Waals surface area contributed by atoms with Crippen LogP contribution in [-0.2, 0) is 0 Å². The summed E-state index contributed by atoms with van der Waals surface area (Å²) in [6, 6.07) is 9.03. The Morgan fingerprint density at radius 1 is 1.35 bits per heavy atom. The van der Waals surface area contributed by atoms with Crippen LogP contribution in [0.3, 0.4) is 0 Å². The van der Waals surface area contributed by atoms with Gasteiger partial charge in [-0.2, -0.15) is 0 Å². The van der Waals surface area contributed by atoms with Crippen molar-refractivity contribution in [3.05, 3.63) is 35.9 Å². The second-order valence-electron chi connectivity index (χ2n) is 4.18. The molecule has 88 valence electrons. The van der Waals surface area contributed by atoms with Crippen molar-refractivity contribution in [1.82, 2.24) is 4.98 Å². The van der Waals surface area contributed by atoms with Gasteiger partial charge in [0.25, 0.3) is 0 Å². The molecule has 0 unspecified atom stereocenters. The average molecular weight is 230 g/mol. The molecule has 1 aromatic heterocycles. The number of pyridine rings is 1. The Morgan fingerprint density at radius 3 is 2.71 bits per heavy atom. The molecule has 0 radical (unpaired) electrons. The van der Waals surface area contributed by atoms with Gasteiger partial charge >= 0.3 is 5.97 Å². The van der Waals surface area contributed by atoms with Crippen LogP contribution in [0, 0.1) is 0 Å². The summed E-state index contributed by atoms with van der Waals surface area (Å²) in [7, 11) is 0. The lowest BCUT2D eigenvalue weighted by atomic mass is 10.1. The highest BCUT2D eigenvalue weighted by molar-refractivity contribution is 6.03. The zero-order valence-corrected chi connectivity index (χ0v) is 9.77. The van der Waals surface area contributed by atoms with Crippen molar-refractivity contribution < 1.29 is 9.90 Å². The van der Waals surface area contributed by atoms with Crippen molar-refractivity contribution in [3.8, 4) is 0 Å². The molecule has 4 nitrogen and oxygen atoms in total. The van der Waals surface area contributed by atoms with Crippen LogP contribution in [0.1, 0.15) is 24.2 Å². The fraction of sp³-hybridized carbons (Fsp3) is 0.231. The van der Waals surface area contributed by atoms with Crippen molar-refractivity contribution in [2.24, 2.45) is 0 Å². The van der Waals surface area contributed by atoms with Crippen LogP contribution in [0.4, 0.5) is 5.82 Å². The monoisotopic (exact) mass is 230 g/mol. The Balaban J connectivity index is 2.63. The van der Waals surface area contributed by atoms with E-state index in [1.165, 1.54) is 0 Å². The number of fused-ring (bicyclic) bond motifs is 1. The average Bonchev–Trinajstić information content (AvgIpc) is 2.27. The second-order valence-corrected chi connectivity index (χ2v) is 4.18. The molecule has 0 aliphatic heterocycles. The Labute approximate surface area is 99.3 Å². The zero-order chi connectivity index (χ0) is 12.4. The highest BCUT2D eigenvalue weighted by atomic mass is 16.4. The maximum Gasteiger partial charge on any atom is 0.336 e. The minimum absolute atomic E-state index is 0.213. The van der Waals surface area contributed by atoms with E-state index in [2.05, 4.69) is 10.3 Å². The van der Waals surface area contributed by atoms with Crippen molar-refractivity contribution >= 4 is 22.7 Å². The van der Waals surface area contributed by atoms with E-state index < -0.39 is 5.97 Å². The molecule has 17 heavy (non-hydrogen) atoms. The minimum atomic E-state index is -0.935. The first-order valence-corrected chi connectivity index (χ1v) is 5.47. The Bertz CT molecular complexity index is 564. The molecule has 0 spiro atoms.